The standard InChI is InChI=1S/C30H32Cl2N2O2/c31-25-14-9-12-23(18-25)20-29(35)34(21-24-13-7-8-17-27(24)32)28(19-22-10-3-1-4-11-22)30(36)33-26-15-5-2-6-16-26/h1,3-4,7-14,17-18,26,28H,2,5-6,15-16,19-21H2,(H,33,36)/t28-/m0/s1. The van der Waals surface area contributed by atoms with Gasteiger partial charge in [0.15, 0.2) is 0 Å². The first-order valence-corrected chi connectivity index (χ1v) is 13.4. The lowest BCUT2D eigenvalue weighted by Crippen LogP contribution is -2.53. The predicted molar refractivity (Wildman–Crippen MR) is 146 cm³/mol. The molecule has 0 aliphatic heterocycles. The summed E-state index contributed by atoms with van der Waals surface area (Å²) in [6.45, 7) is 0.245. The van der Waals surface area contributed by atoms with E-state index in [-0.39, 0.29) is 30.8 Å². The molecule has 1 saturated carbocycles. The number of carbonyl (C=O) groups is 2. The van der Waals surface area contributed by atoms with Gasteiger partial charge in [0.2, 0.25) is 11.8 Å². The van der Waals surface area contributed by atoms with Crippen molar-refractivity contribution in [3.63, 3.8) is 0 Å². The normalized spacial score (nSPS) is 14.7. The summed E-state index contributed by atoms with van der Waals surface area (Å²) < 4.78 is 0. The van der Waals surface area contributed by atoms with Crippen molar-refractivity contribution in [3.05, 3.63) is 106 Å². The molecule has 6 heteroatoms. The monoisotopic (exact) mass is 522 g/mol. The van der Waals surface area contributed by atoms with Crippen molar-refractivity contribution in [1.29, 1.82) is 0 Å². The topological polar surface area (TPSA) is 49.4 Å². The zero-order valence-corrected chi connectivity index (χ0v) is 21.8. The van der Waals surface area contributed by atoms with Gasteiger partial charge >= 0.3 is 0 Å². The number of amides is 2. The summed E-state index contributed by atoms with van der Waals surface area (Å²) in [6, 6.07) is 24.1. The molecule has 1 fully saturated rings. The molecule has 3 aromatic carbocycles. The van der Waals surface area contributed by atoms with E-state index in [9.17, 15) is 9.59 Å². The molecule has 3 aromatic rings. The van der Waals surface area contributed by atoms with Gasteiger partial charge in [-0.25, -0.2) is 0 Å². The summed E-state index contributed by atoms with van der Waals surface area (Å²) >= 11 is 12.7. The van der Waals surface area contributed by atoms with E-state index in [1.54, 1.807) is 17.0 Å². The molecule has 1 atom stereocenters. The van der Waals surface area contributed by atoms with Crippen molar-refractivity contribution in [2.24, 2.45) is 0 Å². The van der Waals surface area contributed by atoms with Gasteiger partial charge in [-0.3, -0.25) is 9.59 Å². The fourth-order valence-electron chi connectivity index (χ4n) is 4.83. The Hall–Kier alpha value is -2.82. The lowest BCUT2D eigenvalue weighted by atomic mass is 9.94. The average Bonchev–Trinajstić information content (AvgIpc) is 2.88. The van der Waals surface area contributed by atoms with Crippen LogP contribution >= 0.6 is 23.2 Å². The van der Waals surface area contributed by atoms with Crippen molar-refractivity contribution in [3.8, 4) is 0 Å². The molecule has 0 heterocycles. The summed E-state index contributed by atoms with van der Waals surface area (Å²) in [5.41, 5.74) is 2.62. The molecule has 0 spiro atoms. The third kappa shape index (κ3) is 7.35. The van der Waals surface area contributed by atoms with Crippen molar-refractivity contribution in [2.45, 2.75) is 63.6 Å². The van der Waals surface area contributed by atoms with E-state index in [0.29, 0.717) is 16.5 Å². The number of hydrogen-bond acceptors (Lipinski definition) is 2. The van der Waals surface area contributed by atoms with Crippen LogP contribution in [0.25, 0.3) is 0 Å². The quantitative estimate of drug-likeness (QED) is 0.343. The second-order valence-corrected chi connectivity index (χ2v) is 10.3. The first-order chi connectivity index (χ1) is 17.5. The summed E-state index contributed by atoms with van der Waals surface area (Å²) in [5, 5.41) is 4.41. The third-order valence-corrected chi connectivity index (χ3v) is 7.37. The maximum atomic E-state index is 13.8. The molecule has 4 rings (SSSR count). The molecular weight excluding hydrogens is 491 g/mol. The second-order valence-electron chi connectivity index (χ2n) is 9.47. The lowest BCUT2D eigenvalue weighted by Gasteiger charge is -2.33. The fourth-order valence-corrected chi connectivity index (χ4v) is 5.24. The Balaban J connectivity index is 1.66. The number of halogens is 2. The molecule has 1 aliphatic rings. The number of rotatable bonds is 9. The molecule has 1 aliphatic carbocycles. The first-order valence-electron chi connectivity index (χ1n) is 12.6. The molecule has 2 amide bonds. The van der Waals surface area contributed by atoms with Gasteiger partial charge in [-0.2, -0.15) is 0 Å². The highest BCUT2D eigenvalue weighted by molar-refractivity contribution is 6.31. The smallest absolute Gasteiger partial charge is 0.243 e. The highest BCUT2D eigenvalue weighted by Gasteiger charge is 2.32. The molecule has 1 N–H and O–H groups in total. The largest absolute Gasteiger partial charge is 0.352 e. The Morgan fingerprint density at radius 3 is 2.28 bits per heavy atom. The van der Waals surface area contributed by atoms with Gasteiger partial charge in [-0.1, -0.05) is 103 Å². The Morgan fingerprint density at radius 1 is 0.861 bits per heavy atom. The molecule has 0 radical (unpaired) electrons. The minimum absolute atomic E-state index is 0.114. The van der Waals surface area contributed by atoms with Gasteiger partial charge in [0.25, 0.3) is 0 Å². The van der Waals surface area contributed by atoms with Crippen molar-refractivity contribution >= 4 is 35.0 Å². The van der Waals surface area contributed by atoms with Crippen molar-refractivity contribution in [2.75, 3.05) is 0 Å². The van der Waals surface area contributed by atoms with E-state index in [4.69, 9.17) is 23.2 Å². The summed E-state index contributed by atoms with van der Waals surface area (Å²) in [5.74, 6) is -0.255. The minimum atomic E-state index is -0.669. The highest BCUT2D eigenvalue weighted by atomic mass is 35.5. The fraction of sp³-hybridized carbons (Fsp3) is 0.333. The number of benzene rings is 3. The zero-order chi connectivity index (χ0) is 25.3. The van der Waals surface area contributed by atoms with Crippen LogP contribution in [-0.2, 0) is 29.0 Å². The molecule has 0 saturated heterocycles. The second kappa shape index (κ2) is 12.9. The van der Waals surface area contributed by atoms with E-state index in [1.165, 1.54) is 6.42 Å². The molecular formula is C30H32Cl2N2O2. The van der Waals surface area contributed by atoms with Gasteiger partial charge in [0.05, 0.1) is 6.42 Å². The van der Waals surface area contributed by atoms with Gasteiger partial charge in [-0.05, 0) is 47.7 Å². The third-order valence-electron chi connectivity index (χ3n) is 6.77. The average molecular weight is 524 g/mol. The SMILES string of the molecule is O=C(NC1CCCCC1)[C@H](Cc1ccccc1)N(Cc1ccccc1Cl)C(=O)Cc1cccc(Cl)c1. The van der Waals surface area contributed by atoms with E-state index >= 15 is 0 Å². The molecule has 0 bridgehead atoms. The molecule has 4 nitrogen and oxygen atoms in total. The van der Waals surface area contributed by atoms with Crippen molar-refractivity contribution in [1.82, 2.24) is 10.2 Å². The Bertz CT molecular complexity index is 1160. The van der Waals surface area contributed by atoms with Crippen LogP contribution in [0.15, 0.2) is 78.9 Å². The number of nitrogens with zero attached hydrogens (tertiary/aromatic N) is 1. The van der Waals surface area contributed by atoms with Crippen LogP contribution in [0.3, 0.4) is 0 Å². The minimum Gasteiger partial charge on any atom is -0.352 e. The van der Waals surface area contributed by atoms with Crippen LogP contribution in [0.2, 0.25) is 10.0 Å². The predicted octanol–water partition coefficient (Wildman–Crippen LogP) is 6.62. The summed E-state index contributed by atoms with van der Waals surface area (Å²) in [6.07, 6.45) is 5.96. The van der Waals surface area contributed by atoms with Crippen LogP contribution in [0.1, 0.15) is 48.8 Å². The van der Waals surface area contributed by atoms with Crippen molar-refractivity contribution < 1.29 is 9.59 Å². The van der Waals surface area contributed by atoms with E-state index in [1.807, 2.05) is 66.7 Å². The van der Waals surface area contributed by atoms with Crippen LogP contribution in [0, 0.1) is 0 Å². The number of nitrogens with one attached hydrogen (secondary N) is 1. The molecule has 0 unspecified atom stereocenters. The van der Waals surface area contributed by atoms with Crippen LogP contribution < -0.4 is 5.32 Å². The molecule has 36 heavy (non-hydrogen) atoms. The summed E-state index contributed by atoms with van der Waals surface area (Å²) in [4.78, 5) is 29.3. The maximum absolute atomic E-state index is 13.8. The van der Waals surface area contributed by atoms with E-state index < -0.39 is 6.04 Å². The van der Waals surface area contributed by atoms with Gasteiger partial charge in [-0.15, -0.1) is 0 Å². The molecule has 188 valence electrons. The first kappa shape index (κ1) is 26.2. The lowest BCUT2D eigenvalue weighted by molar-refractivity contribution is -0.141. The van der Waals surface area contributed by atoms with Crippen LogP contribution in [0.4, 0.5) is 0 Å². The van der Waals surface area contributed by atoms with Crippen LogP contribution in [0.5, 0.6) is 0 Å². The van der Waals surface area contributed by atoms with E-state index in [2.05, 4.69) is 5.32 Å². The Labute approximate surface area is 223 Å². The number of hydrogen-bond donors (Lipinski definition) is 1. The van der Waals surface area contributed by atoms with Gasteiger partial charge in [0.1, 0.15) is 6.04 Å². The Kier molecular flexibility index (Phi) is 9.43. The highest BCUT2D eigenvalue weighted by Crippen LogP contribution is 2.23. The number of carbonyl (C=O) groups excluding carboxylic acids is 2. The maximum Gasteiger partial charge on any atom is 0.243 e. The van der Waals surface area contributed by atoms with Gasteiger partial charge in [0, 0.05) is 29.1 Å². The van der Waals surface area contributed by atoms with Crippen LogP contribution in [-0.4, -0.2) is 28.8 Å². The summed E-state index contributed by atoms with van der Waals surface area (Å²) in [7, 11) is 0. The molecule has 0 aromatic heterocycles. The zero-order valence-electron chi connectivity index (χ0n) is 20.3. The van der Waals surface area contributed by atoms with E-state index in [0.717, 1.165) is 42.4 Å². The van der Waals surface area contributed by atoms with Gasteiger partial charge < -0.3 is 10.2 Å². The Morgan fingerprint density at radius 2 is 1.56 bits per heavy atom.